The molecule has 1 aliphatic heterocycles. The zero-order chi connectivity index (χ0) is 11.0. The van der Waals surface area contributed by atoms with Crippen LogP contribution in [0.25, 0.3) is 0 Å². The van der Waals surface area contributed by atoms with Gasteiger partial charge in [0.05, 0.1) is 11.6 Å². The quantitative estimate of drug-likeness (QED) is 0.779. The number of hydrogen-bond acceptors (Lipinski definition) is 4. The second kappa shape index (κ2) is 3.72. The molecule has 2 N–H and O–H groups in total. The Morgan fingerprint density at radius 1 is 1.60 bits per heavy atom. The lowest BCUT2D eigenvalue weighted by atomic mass is 10.0. The smallest absolute Gasteiger partial charge is 0.231 e. The number of hydrogen-bond donors (Lipinski definition) is 1. The van der Waals surface area contributed by atoms with E-state index in [0.29, 0.717) is 27.6 Å². The summed E-state index contributed by atoms with van der Waals surface area (Å²) in [6, 6.07) is 1.58. The van der Waals surface area contributed by atoms with Gasteiger partial charge in [-0.1, -0.05) is 11.6 Å². The van der Waals surface area contributed by atoms with Crippen molar-refractivity contribution in [1.82, 2.24) is 0 Å². The van der Waals surface area contributed by atoms with Crippen LogP contribution < -0.4 is 15.2 Å². The summed E-state index contributed by atoms with van der Waals surface area (Å²) in [6.45, 7) is 1.86. The molecule has 0 atom stereocenters. The van der Waals surface area contributed by atoms with Crippen LogP contribution in [0.5, 0.6) is 11.5 Å². The van der Waals surface area contributed by atoms with E-state index in [1.54, 1.807) is 13.0 Å². The molecule has 4 nitrogen and oxygen atoms in total. The molecular formula is C10H10ClNO3. The first kappa shape index (κ1) is 10.3. The van der Waals surface area contributed by atoms with E-state index in [2.05, 4.69) is 0 Å². The number of rotatable bonds is 2. The van der Waals surface area contributed by atoms with Crippen molar-refractivity contribution < 1.29 is 14.3 Å². The zero-order valence-corrected chi connectivity index (χ0v) is 8.93. The van der Waals surface area contributed by atoms with E-state index in [4.69, 9.17) is 26.8 Å². The van der Waals surface area contributed by atoms with Crippen LogP contribution in [0.3, 0.4) is 0 Å². The number of ketones is 1. The van der Waals surface area contributed by atoms with Crippen molar-refractivity contribution in [3.63, 3.8) is 0 Å². The fourth-order valence-electron chi connectivity index (χ4n) is 1.61. The van der Waals surface area contributed by atoms with Gasteiger partial charge in [-0.3, -0.25) is 4.79 Å². The third-order valence-electron chi connectivity index (χ3n) is 2.32. The molecule has 0 amide bonds. The van der Waals surface area contributed by atoms with Gasteiger partial charge in [0, 0.05) is 17.2 Å². The molecule has 0 fully saturated rings. The summed E-state index contributed by atoms with van der Waals surface area (Å²) in [5, 5.41) is 0.354. The Morgan fingerprint density at radius 2 is 2.33 bits per heavy atom. The minimum atomic E-state index is -0.198. The highest BCUT2D eigenvalue weighted by atomic mass is 35.5. The van der Waals surface area contributed by atoms with Gasteiger partial charge in [-0.05, 0) is 6.92 Å². The van der Waals surface area contributed by atoms with Crippen molar-refractivity contribution in [3.8, 4) is 11.5 Å². The molecule has 0 saturated carbocycles. The maximum atomic E-state index is 11.5. The Kier molecular flexibility index (Phi) is 2.54. The van der Waals surface area contributed by atoms with Crippen molar-refractivity contribution in [2.45, 2.75) is 6.92 Å². The summed E-state index contributed by atoms with van der Waals surface area (Å²) in [5.74, 6) is 0.957. The molecule has 5 heteroatoms. The molecule has 1 aliphatic rings. The molecule has 0 spiro atoms. The maximum absolute atomic E-state index is 11.5. The average molecular weight is 228 g/mol. The maximum Gasteiger partial charge on any atom is 0.231 e. The lowest BCUT2D eigenvalue weighted by Crippen LogP contribution is -2.15. The van der Waals surface area contributed by atoms with Crippen LogP contribution >= 0.6 is 11.6 Å². The number of fused-ring (bicyclic) bond motifs is 1. The number of benzene rings is 1. The highest BCUT2D eigenvalue weighted by Crippen LogP contribution is 2.40. The van der Waals surface area contributed by atoms with Gasteiger partial charge in [0.25, 0.3) is 0 Å². The molecule has 0 bridgehead atoms. The lowest BCUT2D eigenvalue weighted by Gasteiger charge is -2.08. The molecule has 15 heavy (non-hydrogen) atoms. The Labute approximate surface area is 91.9 Å². The van der Waals surface area contributed by atoms with E-state index in [1.807, 2.05) is 0 Å². The molecule has 0 unspecified atom stereocenters. The van der Waals surface area contributed by atoms with Gasteiger partial charge in [-0.25, -0.2) is 0 Å². The van der Waals surface area contributed by atoms with Gasteiger partial charge in [-0.15, -0.1) is 0 Å². The van der Waals surface area contributed by atoms with E-state index in [9.17, 15) is 4.79 Å². The third kappa shape index (κ3) is 1.56. The SMILES string of the molecule is Cc1c2c(cc(Cl)c1C(=O)CN)OCO2. The van der Waals surface area contributed by atoms with Gasteiger partial charge in [0.1, 0.15) is 0 Å². The van der Waals surface area contributed by atoms with E-state index in [0.717, 1.165) is 0 Å². The van der Waals surface area contributed by atoms with Gasteiger partial charge in [0.2, 0.25) is 6.79 Å². The van der Waals surface area contributed by atoms with Crippen LogP contribution in [0.15, 0.2) is 6.07 Å². The normalized spacial score (nSPS) is 13.0. The largest absolute Gasteiger partial charge is 0.454 e. The molecule has 0 aromatic heterocycles. The number of ether oxygens (including phenoxy) is 2. The third-order valence-corrected chi connectivity index (χ3v) is 2.62. The monoisotopic (exact) mass is 227 g/mol. The average Bonchev–Trinajstić information content (AvgIpc) is 2.65. The van der Waals surface area contributed by atoms with Crippen LogP contribution in [0.1, 0.15) is 15.9 Å². The number of carbonyl (C=O) groups excluding carboxylic acids is 1. The summed E-state index contributed by atoms with van der Waals surface area (Å²) in [7, 11) is 0. The van der Waals surface area contributed by atoms with Crippen LogP contribution in [0.2, 0.25) is 5.02 Å². The minimum Gasteiger partial charge on any atom is -0.454 e. The molecule has 80 valence electrons. The highest BCUT2D eigenvalue weighted by molar-refractivity contribution is 6.34. The second-order valence-corrected chi connectivity index (χ2v) is 3.63. The predicted molar refractivity (Wildman–Crippen MR) is 55.7 cm³/mol. The molecule has 2 rings (SSSR count). The Hall–Kier alpha value is -1.26. The van der Waals surface area contributed by atoms with Gasteiger partial charge in [-0.2, -0.15) is 0 Å². The van der Waals surface area contributed by atoms with Crippen LogP contribution in [0.4, 0.5) is 0 Å². The molecule has 0 saturated heterocycles. The van der Waals surface area contributed by atoms with E-state index >= 15 is 0 Å². The van der Waals surface area contributed by atoms with Crippen molar-refractivity contribution in [1.29, 1.82) is 0 Å². The summed E-state index contributed by atoms with van der Waals surface area (Å²) in [6.07, 6.45) is 0. The van der Waals surface area contributed by atoms with Crippen molar-refractivity contribution in [2.75, 3.05) is 13.3 Å². The van der Waals surface area contributed by atoms with Crippen LogP contribution in [-0.2, 0) is 0 Å². The summed E-state index contributed by atoms with van der Waals surface area (Å²) >= 11 is 5.97. The summed E-state index contributed by atoms with van der Waals surface area (Å²) in [4.78, 5) is 11.5. The highest BCUT2D eigenvalue weighted by Gasteiger charge is 2.23. The van der Waals surface area contributed by atoms with Crippen molar-refractivity contribution in [2.24, 2.45) is 5.73 Å². The Morgan fingerprint density at radius 3 is 3.00 bits per heavy atom. The van der Waals surface area contributed by atoms with Crippen molar-refractivity contribution in [3.05, 3.63) is 22.2 Å². The molecule has 1 aromatic carbocycles. The molecular weight excluding hydrogens is 218 g/mol. The lowest BCUT2D eigenvalue weighted by molar-refractivity contribution is 0.100. The van der Waals surface area contributed by atoms with Crippen LogP contribution in [-0.4, -0.2) is 19.1 Å². The fourth-order valence-corrected chi connectivity index (χ4v) is 1.96. The zero-order valence-electron chi connectivity index (χ0n) is 8.17. The van der Waals surface area contributed by atoms with E-state index < -0.39 is 0 Å². The number of halogens is 1. The topological polar surface area (TPSA) is 61.6 Å². The van der Waals surface area contributed by atoms with Gasteiger partial charge < -0.3 is 15.2 Å². The van der Waals surface area contributed by atoms with Crippen LogP contribution in [0, 0.1) is 6.92 Å². The Bertz CT molecular complexity index is 431. The first-order valence-corrected chi connectivity index (χ1v) is 4.85. The summed E-state index contributed by atoms with van der Waals surface area (Å²) in [5.41, 5.74) is 6.41. The van der Waals surface area contributed by atoms with Gasteiger partial charge in [0.15, 0.2) is 17.3 Å². The fraction of sp³-hybridized carbons (Fsp3) is 0.300. The van der Waals surface area contributed by atoms with E-state index in [1.165, 1.54) is 0 Å². The molecule has 1 aromatic rings. The number of carbonyl (C=O) groups is 1. The Balaban J connectivity index is 2.61. The first-order valence-electron chi connectivity index (χ1n) is 4.47. The predicted octanol–water partition coefficient (Wildman–Crippen LogP) is 1.52. The van der Waals surface area contributed by atoms with Gasteiger partial charge >= 0.3 is 0 Å². The van der Waals surface area contributed by atoms with E-state index in [-0.39, 0.29) is 19.1 Å². The standard InChI is InChI=1S/C10H10ClNO3/c1-5-9(7(13)3-12)6(11)2-8-10(5)15-4-14-8/h2H,3-4,12H2,1H3. The number of Topliss-reactive ketones (excluding diaryl/α,β-unsaturated/α-hetero) is 1. The summed E-state index contributed by atoms with van der Waals surface area (Å²) < 4.78 is 10.4. The minimum absolute atomic E-state index is 0.0692. The molecule has 0 aliphatic carbocycles. The molecule has 1 heterocycles. The molecule has 0 radical (unpaired) electrons. The second-order valence-electron chi connectivity index (χ2n) is 3.22. The first-order chi connectivity index (χ1) is 7.15. The number of nitrogens with two attached hydrogens (primary N) is 1. The van der Waals surface area contributed by atoms with Crippen molar-refractivity contribution >= 4 is 17.4 Å².